The van der Waals surface area contributed by atoms with Crippen LogP contribution in [0.15, 0.2) is 30.6 Å². The van der Waals surface area contributed by atoms with Gasteiger partial charge in [-0.3, -0.25) is 0 Å². The largest absolute Gasteiger partial charge is 0.393 e. The molecule has 0 unspecified atom stereocenters. The molecule has 0 spiro atoms. The van der Waals surface area contributed by atoms with E-state index >= 15 is 0 Å². The molecule has 0 atom stereocenters. The summed E-state index contributed by atoms with van der Waals surface area (Å²) < 4.78 is 12.9. The summed E-state index contributed by atoms with van der Waals surface area (Å²) in [7, 11) is 0. The smallest absolute Gasteiger partial charge is 0.159 e. The third kappa shape index (κ3) is 3.57. The minimum absolute atomic E-state index is 0.157. The van der Waals surface area contributed by atoms with Crippen LogP contribution in [0, 0.1) is 5.82 Å². The Morgan fingerprint density at radius 3 is 2.25 bits per heavy atom. The molecule has 0 aliphatic rings. The van der Waals surface area contributed by atoms with Crippen LogP contribution in [0.2, 0.25) is 0 Å². The van der Waals surface area contributed by atoms with Crippen molar-refractivity contribution in [3.8, 4) is 0 Å². The van der Waals surface area contributed by atoms with Crippen LogP contribution in [-0.4, -0.2) is 15.5 Å². The molecule has 2 aromatic rings. The van der Waals surface area contributed by atoms with Gasteiger partial charge in [0.15, 0.2) is 11.6 Å². The quantitative estimate of drug-likeness (QED) is 0.802. The molecule has 0 fully saturated rings. The third-order valence-electron chi connectivity index (χ3n) is 2.48. The number of nitrogens with one attached hydrogen (secondary N) is 2. The Morgan fingerprint density at radius 2 is 1.65 bits per heavy atom. The molecule has 106 valence electrons. The number of hydrogen-bond donors (Lipinski definition) is 3. The van der Waals surface area contributed by atoms with Gasteiger partial charge in [-0.1, -0.05) is 0 Å². The molecule has 0 saturated carbocycles. The van der Waals surface area contributed by atoms with Crippen LogP contribution in [0.4, 0.5) is 27.4 Å². The van der Waals surface area contributed by atoms with Gasteiger partial charge in [-0.05, 0) is 45.0 Å². The maximum atomic E-state index is 12.9. The van der Waals surface area contributed by atoms with Gasteiger partial charge in [-0.15, -0.1) is 0 Å². The van der Waals surface area contributed by atoms with E-state index in [1.165, 1.54) is 18.5 Å². The molecule has 20 heavy (non-hydrogen) atoms. The Labute approximate surface area is 117 Å². The number of rotatable bonds is 3. The fraction of sp³-hybridized carbons (Fsp3) is 0.286. The molecule has 0 radical (unpaired) electrons. The van der Waals surface area contributed by atoms with E-state index in [0.717, 1.165) is 0 Å². The number of nitrogens with two attached hydrogens (primary N) is 1. The van der Waals surface area contributed by atoms with Crippen molar-refractivity contribution in [1.82, 2.24) is 9.97 Å². The molecule has 1 aromatic carbocycles. The number of aromatic nitrogens is 2. The molecule has 0 saturated heterocycles. The zero-order valence-electron chi connectivity index (χ0n) is 11.7. The fourth-order valence-electron chi connectivity index (χ4n) is 1.62. The van der Waals surface area contributed by atoms with Gasteiger partial charge < -0.3 is 16.4 Å². The molecule has 0 aliphatic carbocycles. The average molecular weight is 275 g/mol. The zero-order valence-corrected chi connectivity index (χ0v) is 11.7. The van der Waals surface area contributed by atoms with Gasteiger partial charge in [-0.2, -0.15) is 0 Å². The summed E-state index contributed by atoms with van der Waals surface area (Å²) in [5.74, 6) is 0.761. The second-order valence-electron chi connectivity index (χ2n) is 5.49. The van der Waals surface area contributed by atoms with E-state index in [4.69, 9.17) is 5.73 Å². The Hall–Kier alpha value is -2.37. The first-order valence-electron chi connectivity index (χ1n) is 6.26. The minimum Gasteiger partial charge on any atom is -0.393 e. The van der Waals surface area contributed by atoms with Gasteiger partial charge >= 0.3 is 0 Å². The van der Waals surface area contributed by atoms with Gasteiger partial charge in [0.25, 0.3) is 0 Å². The van der Waals surface area contributed by atoms with Gasteiger partial charge in [0, 0.05) is 11.2 Å². The van der Waals surface area contributed by atoms with Crippen molar-refractivity contribution in [2.75, 3.05) is 16.4 Å². The normalized spacial score (nSPS) is 11.2. The van der Waals surface area contributed by atoms with E-state index in [2.05, 4.69) is 20.6 Å². The van der Waals surface area contributed by atoms with Crippen LogP contribution in [0.25, 0.3) is 0 Å². The summed E-state index contributed by atoms with van der Waals surface area (Å²) in [6, 6.07) is 5.98. The van der Waals surface area contributed by atoms with Crippen molar-refractivity contribution in [3.63, 3.8) is 0 Å². The summed E-state index contributed by atoms with van der Waals surface area (Å²) >= 11 is 0. The molecule has 4 N–H and O–H groups in total. The number of hydrogen-bond acceptors (Lipinski definition) is 5. The van der Waals surface area contributed by atoms with Crippen molar-refractivity contribution >= 4 is 23.0 Å². The van der Waals surface area contributed by atoms with E-state index < -0.39 is 0 Å². The van der Waals surface area contributed by atoms with Crippen molar-refractivity contribution in [2.45, 2.75) is 26.3 Å². The number of nitrogens with zero attached hydrogens (tertiary/aromatic N) is 2. The van der Waals surface area contributed by atoms with Crippen LogP contribution in [-0.2, 0) is 0 Å². The third-order valence-corrected chi connectivity index (χ3v) is 2.48. The highest BCUT2D eigenvalue weighted by molar-refractivity contribution is 5.77. The van der Waals surface area contributed by atoms with Crippen LogP contribution in [0.1, 0.15) is 20.8 Å². The summed E-state index contributed by atoms with van der Waals surface area (Å²) in [6.45, 7) is 6.05. The number of halogens is 1. The van der Waals surface area contributed by atoms with Gasteiger partial charge in [-0.25, -0.2) is 14.4 Å². The lowest BCUT2D eigenvalue weighted by Gasteiger charge is -2.22. The van der Waals surface area contributed by atoms with E-state index in [1.807, 2.05) is 20.8 Å². The van der Waals surface area contributed by atoms with Crippen LogP contribution < -0.4 is 16.4 Å². The van der Waals surface area contributed by atoms with E-state index in [0.29, 0.717) is 23.0 Å². The molecule has 0 bridgehead atoms. The Bertz CT molecular complexity index is 590. The fourth-order valence-corrected chi connectivity index (χ4v) is 1.62. The second-order valence-corrected chi connectivity index (χ2v) is 5.49. The molecular weight excluding hydrogens is 257 g/mol. The lowest BCUT2D eigenvalue weighted by atomic mass is 10.1. The standard InChI is InChI=1S/C14H18FN5/c1-14(2,3)20-13-11(16)12(17-8-18-13)19-10-6-4-9(15)5-7-10/h4-8H,16H2,1-3H3,(H2,17,18,19,20). The molecule has 1 heterocycles. The second kappa shape index (κ2) is 5.32. The monoisotopic (exact) mass is 275 g/mol. The molecule has 6 heteroatoms. The molecular formula is C14H18FN5. The predicted octanol–water partition coefficient (Wildman–Crippen LogP) is 3.15. The minimum atomic E-state index is -0.290. The van der Waals surface area contributed by atoms with E-state index in [1.54, 1.807) is 12.1 Å². The lowest BCUT2D eigenvalue weighted by molar-refractivity contribution is 0.628. The van der Waals surface area contributed by atoms with Gasteiger partial charge in [0.05, 0.1) is 0 Å². The predicted molar refractivity (Wildman–Crippen MR) is 79.5 cm³/mol. The molecule has 0 aliphatic heterocycles. The maximum absolute atomic E-state index is 12.9. The number of benzene rings is 1. The maximum Gasteiger partial charge on any atom is 0.159 e. The molecule has 1 aromatic heterocycles. The summed E-state index contributed by atoms with van der Waals surface area (Å²) in [4.78, 5) is 8.24. The lowest BCUT2D eigenvalue weighted by Crippen LogP contribution is -2.27. The van der Waals surface area contributed by atoms with E-state index in [-0.39, 0.29) is 11.4 Å². The first kappa shape index (κ1) is 14.0. The summed E-state index contributed by atoms with van der Waals surface area (Å²) in [5, 5.41) is 6.25. The average Bonchev–Trinajstić information content (AvgIpc) is 2.35. The van der Waals surface area contributed by atoms with Gasteiger partial charge in [0.2, 0.25) is 0 Å². The van der Waals surface area contributed by atoms with Crippen molar-refractivity contribution < 1.29 is 4.39 Å². The van der Waals surface area contributed by atoms with Crippen molar-refractivity contribution in [3.05, 3.63) is 36.4 Å². The topological polar surface area (TPSA) is 75.9 Å². The highest BCUT2D eigenvalue weighted by Gasteiger charge is 2.15. The Kier molecular flexibility index (Phi) is 3.74. The first-order valence-corrected chi connectivity index (χ1v) is 6.26. The molecule has 2 rings (SSSR count). The highest BCUT2D eigenvalue weighted by atomic mass is 19.1. The highest BCUT2D eigenvalue weighted by Crippen LogP contribution is 2.27. The van der Waals surface area contributed by atoms with Crippen LogP contribution >= 0.6 is 0 Å². The van der Waals surface area contributed by atoms with E-state index in [9.17, 15) is 4.39 Å². The number of anilines is 4. The Balaban J connectivity index is 2.24. The van der Waals surface area contributed by atoms with Crippen molar-refractivity contribution in [2.24, 2.45) is 0 Å². The zero-order chi connectivity index (χ0) is 14.8. The van der Waals surface area contributed by atoms with Crippen molar-refractivity contribution in [1.29, 1.82) is 0 Å². The molecule has 0 amide bonds. The van der Waals surface area contributed by atoms with Crippen LogP contribution in [0.5, 0.6) is 0 Å². The Morgan fingerprint density at radius 1 is 1.05 bits per heavy atom. The number of nitrogen functional groups attached to an aromatic ring is 1. The SMILES string of the molecule is CC(C)(C)Nc1ncnc(Nc2ccc(F)cc2)c1N. The summed E-state index contributed by atoms with van der Waals surface area (Å²) in [6.07, 6.45) is 1.43. The first-order chi connectivity index (χ1) is 9.35. The van der Waals surface area contributed by atoms with Crippen LogP contribution in [0.3, 0.4) is 0 Å². The summed E-state index contributed by atoms with van der Waals surface area (Å²) in [5.41, 5.74) is 7.02. The molecule has 5 nitrogen and oxygen atoms in total. The van der Waals surface area contributed by atoms with Gasteiger partial charge in [0.1, 0.15) is 17.8 Å².